The minimum atomic E-state index is -0.545. The largest absolute Gasteiger partial charge is 0.464 e. The molecule has 1 aromatic heterocycles. The van der Waals surface area contributed by atoms with Gasteiger partial charge < -0.3 is 14.8 Å². The van der Waals surface area contributed by atoms with Crippen molar-refractivity contribution >= 4 is 16.9 Å². The van der Waals surface area contributed by atoms with Gasteiger partial charge in [0, 0.05) is 18.4 Å². The predicted molar refractivity (Wildman–Crippen MR) is 92.8 cm³/mol. The van der Waals surface area contributed by atoms with Crippen molar-refractivity contribution in [2.45, 2.75) is 51.0 Å². The molecule has 0 unspecified atom stereocenters. The highest BCUT2D eigenvalue weighted by Crippen LogP contribution is 2.57. The summed E-state index contributed by atoms with van der Waals surface area (Å²) in [4.78, 5) is 12.7. The fourth-order valence-corrected chi connectivity index (χ4v) is 5.63. The number of amides is 1. The van der Waals surface area contributed by atoms with Crippen LogP contribution in [-0.2, 0) is 16.6 Å². The normalized spacial score (nSPS) is 35.3. The molecule has 1 fully saturated rings. The van der Waals surface area contributed by atoms with Crippen LogP contribution in [0.3, 0.4) is 0 Å². The van der Waals surface area contributed by atoms with E-state index in [1.807, 2.05) is 13.0 Å². The lowest BCUT2D eigenvalue weighted by Gasteiger charge is -2.56. The van der Waals surface area contributed by atoms with E-state index in [1.54, 1.807) is 13.3 Å². The van der Waals surface area contributed by atoms with E-state index in [9.17, 15) is 9.90 Å². The monoisotopic (exact) mass is 327 g/mol. The average molecular weight is 327 g/mol. The molecule has 128 valence electrons. The molecule has 2 aromatic rings. The predicted octanol–water partition coefficient (Wildman–Crippen LogP) is 3.16. The van der Waals surface area contributed by atoms with Gasteiger partial charge in [0.15, 0.2) is 0 Å². The van der Waals surface area contributed by atoms with E-state index in [0.717, 1.165) is 30.2 Å². The van der Waals surface area contributed by atoms with E-state index in [2.05, 4.69) is 24.4 Å². The zero-order valence-electron chi connectivity index (χ0n) is 14.6. The quantitative estimate of drug-likeness (QED) is 0.846. The number of aliphatic hydroxyl groups excluding tert-OH is 1. The minimum Gasteiger partial charge on any atom is -0.464 e. The Morgan fingerprint density at radius 3 is 2.88 bits per heavy atom. The second-order valence-electron chi connectivity index (χ2n) is 7.98. The van der Waals surface area contributed by atoms with Gasteiger partial charge in [-0.1, -0.05) is 20.3 Å². The first-order valence-electron chi connectivity index (χ1n) is 8.81. The van der Waals surface area contributed by atoms with Crippen LogP contribution >= 0.6 is 0 Å². The zero-order valence-corrected chi connectivity index (χ0v) is 14.6. The molecule has 24 heavy (non-hydrogen) atoms. The molecule has 4 nitrogen and oxygen atoms in total. The fourth-order valence-electron chi connectivity index (χ4n) is 5.63. The zero-order chi connectivity index (χ0) is 17.1. The standard InChI is InChI=1S/C20H25NO3/c1-19-6-4-7-20(2,18(23)21-3)17(19)15(22)10-13-9-12-5-8-24-16(12)11-14(13)19/h5,8-9,11,15,17,22H,4,6-7,10H2,1-3H3,(H,21,23)/t15-,17-,19-,20-/m1/s1. The molecule has 0 bridgehead atoms. The Morgan fingerprint density at radius 2 is 2.12 bits per heavy atom. The van der Waals surface area contributed by atoms with Crippen molar-refractivity contribution in [2.75, 3.05) is 7.05 Å². The third kappa shape index (κ3) is 1.92. The minimum absolute atomic E-state index is 0.0417. The van der Waals surface area contributed by atoms with E-state index in [-0.39, 0.29) is 17.2 Å². The van der Waals surface area contributed by atoms with E-state index in [1.165, 1.54) is 11.1 Å². The van der Waals surface area contributed by atoms with E-state index >= 15 is 0 Å². The number of nitrogens with one attached hydrogen (secondary N) is 1. The van der Waals surface area contributed by atoms with E-state index in [0.29, 0.717) is 6.42 Å². The first-order valence-corrected chi connectivity index (χ1v) is 8.81. The topological polar surface area (TPSA) is 62.5 Å². The van der Waals surface area contributed by atoms with Gasteiger partial charge in [0.25, 0.3) is 0 Å². The summed E-state index contributed by atoms with van der Waals surface area (Å²) in [5, 5.41) is 14.9. The Labute approximate surface area is 142 Å². The van der Waals surface area contributed by atoms with Crippen LogP contribution in [0.15, 0.2) is 28.9 Å². The summed E-state index contributed by atoms with van der Waals surface area (Å²) in [6.45, 7) is 4.24. The molecule has 4 heteroatoms. The SMILES string of the molecule is CNC(=O)[C@]1(C)CCC[C@]2(C)c3cc4occc4cc3C[C@@H](O)[C@@H]12. The summed E-state index contributed by atoms with van der Waals surface area (Å²) in [5.41, 5.74) is 2.56. The summed E-state index contributed by atoms with van der Waals surface area (Å²) < 4.78 is 5.61. The second kappa shape index (κ2) is 5.09. The van der Waals surface area contributed by atoms with Gasteiger partial charge in [0.2, 0.25) is 5.91 Å². The van der Waals surface area contributed by atoms with Gasteiger partial charge in [-0.3, -0.25) is 4.79 Å². The molecule has 2 aliphatic carbocycles. The first-order chi connectivity index (χ1) is 11.4. The molecular formula is C20H25NO3. The Hall–Kier alpha value is -1.81. The summed E-state index contributed by atoms with van der Waals surface area (Å²) in [6, 6.07) is 6.25. The van der Waals surface area contributed by atoms with Crippen molar-refractivity contribution in [3.8, 4) is 0 Å². The molecule has 0 saturated heterocycles. The van der Waals surface area contributed by atoms with E-state index in [4.69, 9.17) is 4.42 Å². The highest BCUT2D eigenvalue weighted by atomic mass is 16.3. The average Bonchev–Trinajstić information content (AvgIpc) is 2.99. The van der Waals surface area contributed by atoms with E-state index < -0.39 is 11.5 Å². The summed E-state index contributed by atoms with van der Waals surface area (Å²) in [6.07, 6.45) is 4.60. The summed E-state index contributed by atoms with van der Waals surface area (Å²) in [5.74, 6) is -0.0430. The van der Waals surface area contributed by atoms with Crippen molar-refractivity contribution in [2.24, 2.45) is 11.3 Å². The number of fused-ring (bicyclic) bond motifs is 4. The molecule has 2 N–H and O–H groups in total. The van der Waals surface area contributed by atoms with Gasteiger partial charge in [-0.2, -0.15) is 0 Å². The van der Waals surface area contributed by atoms with Crippen LogP contribution in [-0.4, -0.2) is 24.2 Å². The molecule has 1 saturated carbocycles. The van der Waals surface area contributed by atoms with Crippen molar-refractivity contribution in [3.05, 3.63) is 35.6 Å². The second-order valence-corrected chi connectivity index (χ2v) is 7.98. The number of carbonyl (C=O) groups is 1. The van der Waals surface area contributed by atoms with Crippen LogP contribution in [0.25, 0.3) is 11.0 Å². The van der Waals surface area contributed by atoms with Gasteiger partial charge in [-0.05, 0) is 54.0 Å². The number of hydrogen-bond donors (Lipinski definition) is 2. The van der Waals surface area contributed by atoms with Crippen molar-refractivity contribution < 1.29 is 14.3 Å². The maximum atomic E-state index is 12.7. The lowest BCUT2D eigenvalue weighted by atomic mass is 9.48. The molecule has 0 spiro atoms. The fraction of sp³-hybridized carbons (Fsp3) is 0.550. The Bertz CT molecular complexity index is 810. The van der Waals surface area contributed by atoms with Gasteiger partial charge in [0.1, 0.15) is 5.58 Å². The number of rotatable bonds is 1. The summed E-state index contributed by atoms with van der Waals surface area (Å²) in [7, 11) is 1.69. The molecule has 0 radical (unpaired) electrons. The highest BCUT2D eigenvalue weighted by Gasteiger charge is 2.58. The van der Waals surface area contributed by atoms with Crippen LogP contribution in [0.4, 0.5) is 0 Å². The van der Waals surface area contributed by atoms with Crippen LogP contribution in [0, 0.1) is 11.3 Å². The summed E-state index contributed by atoms with van der Waals surface area (Å²) >= 11 is 0. The van der Waals surface area contributed by atoms with Crippen LogP contribution < -0.4 is 5.32 Å². The van der Waals surface area contributed by atoms with Gasteiger partial charge in [0.05, 0.1) is 17.8 Å². The molecule has 1 aromatic carbocycles. The van der Waals surface area contributed by atoms with Gasteiger partial charge in [-0.25, -0.2) is 0 Å². The number of furan rings is 1. The molecule has 4 atom stereocenters. The lowest BCUT2D eigenvalue weighted by Crippen LogP contribution is -2.59. The highest BCUT2D eigenvalue weighted by molar-refractivity contribution is 5.84. The Kier molecular flexibility index (Phi) is 3.33. The Morgan fingerprint density at radius 1 is 1.33 bits per heavy atom. The number of hydrogen-bond acceptors (Lipinski definition) is 3. The van der Waals surface area contributed by atoms with Crippen molar-refractivity contribution in [1.82, 2.24) is 5.32 Å². The van der Waals surface area contributed by atoms with Crippen LogP contribution in [0.5, 0.6) is 0 Å². The van der Waals surface area contributed by atoms with Crippen LogP contribution in [0.1, 0.15) is 44.2 Å². The van der Waals surface area contributed by atoms with Crippen molar-refractivity contribution in [3.63, 3.8) is 0 Å². The smallest absolute Gasteiger partial charge is 0.226 e. The third-order valence-corrected chi connectivity index (χ3v) is 6.62. The molecule has 1 heterocycles. The molecule has 1 amide bonds. The number of carbonyl (C=O) groups excluding carboxylic acids is 1. The van der Waals surface area contributed by atoms with Crippen molar-refractivity contribution in [1.29, 1.82) is 0 Å². The molecule has 2 aliphatic rings. The maximum Gasteiger partial charge on any atom is 0.226 e. The molecule has 0 aliphatic heterocycles. The molecule has 4 rings (SSSR count). The Balaban J connectivity index is 1.91. The number of aliphatic hydroxyl groups is 1. The third-order valence-electron chi connectivity index (χ3n) is 6.62. The van der Waals surface area contributed by atoms with Gasteiger partial charge >= 0.3 is 0 Å². The van der Waals surface area contributed by atoms with Gasteiger partial charge in [-0.15, -0.1) is 0 Å². The lowest BCUT2D eigenvalue weighted by molar-refractivity contribution is -0.145. The molecular weight excluding hydrogens is 302 g/mol. The van der Waals surface area contributed by atoms with Crippen LogP contribution in [0.2, 0.25) is 0 Å². The first kappa shape index (κ1) is 15.7. The number of benzene rings is 1. The maximum absolute atomic E-state index is 12.7.